The van der Waals surface area contributed by atoms with Crippen molar-refractivity contribution in [2.45, 2.75) is 39.0 Å². The third-order valence-corrected chi connectivity index (χ3v) is 5.52. The Balaban J connectivity index is 1.59. The second kappa shape index (κ2) is 8.92. The molecule has 0 fully saturated rings. The molecule has 7 heteroatoms. The number of rotatable bonds is 9. The summed E-state index contributed by atoms with van der Waals surface area (Å²) in [5.41, 5.74) is 10.0. The van der Waals surface area contributed by atoms with Crippen molar-refractivity contribution in [1.82, 2.24) is 24.6 Å². The van der Waals surface area contributed by atoms with Crippen molar-refractivity contribution in [3.05, 3.63) is 84.1 Å². The van der Waals surface area contributed by atoms with Gasteiger partial charge in [-0.1, -0.05) is 48.5 Å². The third-order valence-electron chi connectivity index (χ3n) is 5.52. The number of hydrogen-bond donors (Lipinski definition) is 2. The summed E-state index contributed by atoms with van der Waals surface area (Å²) in [7, 11) is 0. The molecule has 0 bridgehead atoms. The van der Waals surface area contributed by atoms with Crippen LogP contribution in [-0.2, 0) is 24.4 Å². The molecule has 0 spiro atoms. The fourth-order valence-corrected chi connectivity index (χ4v) is 3.99. The number of nitrogens with zero attached hydrogens (tertiary/aromatic N) is 4. The van der Waals surface area contributed by atoms with E-state index in [-0.39, 0.29) is 18.5 Å². The number of carbonyl (C=O) groups is 1. The number of fused-ring (bicyclic) bond motifs is 1. The summed E-state index contributed by atoms with van der Waals surface area (Å²) in [6, 6.07) is 18.7. The van der Waals surface area contributed by atoms with Crippen LogP contribution in [0.2, 0.25) is 0 Å². The van der Waals surface area contributed by atoms with Gasteiger partial charge in [0.15, 0.2) is 0 Å². The lowest BCUT2D eigenvalue weighted by Crippen LogP contribution is -2.23. The van der Waals surface area contributed by atoms with Crippen LogP contribution in [0.25, 0.3) is 10.9 Å². The molecule has 0 radical (unpaired) electrons. The smallest absolute Gasteiger partial charge is 0.237 e. The van der Waals surface area contributed by atoms with Gasteiger partial charge < -0.3 is 15.6 Å². The lowest BCUT2D eigenvalue weighted by molar-refractivity contribution is -0.118. The minimum atomic E-state index is -0.339. The summed E-state index contributed by atoms with van der Waals surface area (Å²) in [4.78, 5) is 15.6. The molecule has 0 aliphatic carbocycles. The highest BCUT2D eigenvalue weighted by Crippen LogP contribution is 2.27. The van der Waals surface area contributed by atoms with Gasteiger partial charge in [0.1, 0.15) is 19.2 Å². The van der Waals surface area contributed by atoms with Crippen molar-refractivity contribution in [3.8, 4) is 0 Å². The second-order valence-electron chi connectivity index (χ2n) is 7.42. The topological polar surface area (TPSA) is 90.8 Å². The zero-order valence-corrected chi connectivity index (χ0v) is 17.0. The molecule has 7 nitrogen and oxygen atoms in total. The first-order chi connectivity index (χ1) is 14.6. The van der Waals surface area contributed by atoms with Crippen LogP contribution in [-0.4, -0.2) is 25.2 Å². The summed E-state index contributed by atoms with van der Waals surface area (Å²) in [5.74, 6) is -0.339. The summed E-state index contributed by atoms with van der Waals surface area (Å²) in [6.45, 7) is 3.69. The average molecular weight is 403 g/mol. The first-order valence-corrected chi connectivity index (χ1v) is 10.1. The van der Waals surface area contributed by atoms with Gasteiger partial charge in [-0.3, -0.25) is 9.48 Å². The van der Waals surface area contributed by atoms with Crippen LogP contribution in [0.1, 0.15) is 29.3 Å². The highest BCUT2D eigenvalue weighted by molar-refractivity contribution is 5.87. The van der Waals surface area contributed by atoms with Gasteiger partial charge in [0.2, 0.25) is 5.91 Å². The van der Waals surface area contributed by atoms with Crippen molar-refractivity contribution in [1.29, 1.82) is 0 Å². The van der Waals surface area contributed by atoms with E-state index >= 15 is 0 Å². The maximum atomic E-state index is 11.6. The van der Waals surface area contributed by atoms with Crippen LogP contribution < -0.4 is 11.1 Å². The van der Waals surface area contributed by atoms with Gasteiger partial charge in [-0.05, 0) is 30.5 Å². The molecule has 3 N–H and O–H groups in total. The third kappa shape index (κ3) is 4.26. The monoisotopic (exact) mass is 402 g/mol. The van der Waals surface area contributed by atoms with Gasteiger partial charge >= 0.3 is 0 Å². The molecule has 2 aromatic carbocycles. The molecule has 0 aliphatic heterocycles. The van der Waals surface area contributed by atoms with Crippen molar-refractivity contribution in [2.24, 2.45) is 5.73 Å². The molecule has 0 aliphatic rings. The number of primary amides is 1. The van der Waals surface area contributed by atoms with Gasteiger partial charge in [-0.25, -0.2) is 4.98 Å². The van der Waals surface area contributed by atoms with Gasteiger partial charge in [0.25, 0.3) is 0 Å². The van der Waals surface area contributed by atoms with Crippen LogP contribution in [0, 0.1) is 6.92 Å². The van der Waals surface area contributed by atoms with Crippen molar-refractivity contribution < 1.29 is 4.79 Å². The Morgan fingerprint density at radius 1 is 1.13 bits per heavy atom. The van der Waals surface area contributed by atoms with E-state index in [1.165, 1.54) is 11.1 Å². The number of hydrogen-bond acceptors (Lipinski definition) is 4. The Kier molecular flexibility index (Phi) is 5.90. The molecule has 154 valence electrons. The van der Waals surface area contributed by atoms with Crippen LogP contribution in [0.3, 0.4) is 0 Å². The minimum absolute atomic E-state index is 0.160. The molecule has 1 amide bonds. The van der Waals surface area contributed by atoms with E-state index < -0.39 is 0 Å². The largest absolute Gasteiger partial charge is 0.368 e. The molecular formula is C23H26N6O. The maximum absolute atomic E-state index is 11.6. The van der Waals surface area contributed by atoms with Gasteiger partial charge in [0.05, 0.1) is 0 Å². The van der Waals surface area contributed by atoms with Crippen LogP contribution in [0.5, 0.6) is 0 Å². The number of nitrogens with one attached hydrogen (secondary N) is 1. The zero-order valence-electron chi connectivity index (χ0n) is 17.0. The molecule has 0 saturated carbocycles. The fraction of sp³-hybridized carbons (Fsp3) is 0.261. The number of nitrogens with two attached hydrogens (primary N) is 1. The predicted octanol–water partition coefficient (Wildman–Crippen LogP) is 2.95. The maximum Gasteiger partial charge on any atom is 0.237 e. The number of benzene rings is 2. The Bertz CT molecular complexity index is 1120. The molecule has 0 saturated heterocycles. The molecule has 2 heterocycles. The van der Waals surface area contributed by atoms with E-state index in [0.29, 0.717) is 6.54 Å². The van der Waals surface area contributed by atoms with E-state index in [0.717, 1.165) is 29.6 Å². The standard InChI is InChI=1S/C23H26N6O/c1-17-20(19-9-5-6-10-22(19)29(17)14-23(24)30)13-26-21(18-7-3-2-4-8-18)11-12-28-16-25-15-27-28/h2-10,15-16,21,26H,11-14H2,1H3,(H2,24,30)/t21-/m0/s1. The normalized spacial score (nSPS) is 12.3. The molecule has 2 aromatic heterocycles. The Morgan fingerprint density at radius 3 is 2.63 bits per heavy atom. The van der Waals surface area contributed by atoms with E-state index in [9.17, 15) is 4.79 Å². The molecule has 4 aromatic rings. The number of carbonyl (C=O) groups excluding carboxylic acids is 1. The number of aromatic nitrogens is 4. The number of aryl methyl sites for hydroxylation is 1. The number of para-hydroxylation sites is 1. The predicted molar refractivity (Wildman–Crippen MR) is 117 cm³/mol. The van der Waals surface area contributed by atoms with Gasteiger partial charge in [0, 0.05) is 35.7 Å². The summed E-state index contributed by atoms with van der Waals surface area (Å²) in [5, 5.41) is 9.09. The molecule has 4 rings (SSSR count). The first-order valence-electron chi connectivity index (χ1n) is 10.1. The lowest BCUT2D eigenvalue weighted by atomic mass is 10.0. The van der Waals surface area contributed by atoms with Crippen molar-refractivity contribution in [2.75, 3.05) is 0 Å². The van der Waals surface area contributed by atoms with Crippen molar-refractivity contribution >= 4 is 16.8 Å². The zero-order chi connectivity index (χ0) is 20.9. The lowest BCUT2D eigenvalue weighted by Gasteiger charge is -2.20. The van der Waals surface area contributed by atoms with Gasteiger partial charge in [-0.15, -0.1) is 0 Å². The number of amides is 1. The quantitative estimate of drug-likeness (QED) is 0.450. The minimum Gasteiger partial charge on any atom is -0.368 e. The Labute approximate surface area is 175 Å². The molecular weight excluding hydrogens is 376 g/mol. The second-order valence-corrected chi connectivity index (χ2v) is 7.42. The van der Waals surface area contributed by atoms with E-state index in [4.69, 9.17) is 5.73 Å². The fourth-order valence-electron chi connectivity index (χ4n) is 3.99. The van der Waals surface area contributed by atoms with Crippen molar-refractivity contribution in [3.63, 3.8) is 0 Å². The SMILES string of the molecule is Cc1c(CN[C@@H](CCn2cncn2)c2ccccc2)c2ccccc2n1CC(N)=O. The van der Waals surface area contributed by atoms with Crippen LogP contribution >= 0.6 is 0 Å². The van der Waals surface area contributed by atoms with Crippen LogP contribution in [0.4, 0.5) is 0 Å². The van der Waals surface area contributed by atoms with Crippen LogP contribution in [0.15, 0.2) is 67.3 Å². The average Bonchev–Trinajstić information content (AvgIpc) is 3.36. The summed E-state index contributed by atoms with van der Waals surface area (Å²) >= 11 is 0. The van der Waals surface area contributed by atoms with E-state index in [2.05, 4.69) is 45.7 Å². The first kappa shape index (κ1) is 19.8. The summed E-state index contributed by atoms with van der Waals surface area (Å²) < 4.78 is 3.85. The molecule has 0 unspecified atom stereocenters. The summed E-state index contributed by atoms with van der Waals surface area (Å²) in [6.07, 6.45) is 4.18. The highest BCUT2D eigenvalue weighted by Gasteiger charge is 2.17. The molecule has 30 heavy (non-hydrogen) atoms. The highest BCUT2D eigenvalue weighted by atomic mass is 16.1. The van der Waals surface area contributed by atoms with E-state index in [1.54, 1.807) is 12.7 Å². The Morgan fingerprint density at radius 2 is 1.90 bits per heavy atom. The Hall–Kier alpha value is -3.45. The van der Waals surface area contributed by atoms with E-state index in [1.807, 2.05) is 40.4 Å². The molecule has 1 atom stereocenters. The van der Waals surface area contributed by atoms with Gasteiger partial charge in [-0.2, -0.15) is 5.10 Å².